The van der Waals surface area contributed by atoms with Crippen LogP contribution in [-0.4, -0.2) is 153 Å². The number of imide groups is 2. The van der Waals surface area contributed by atoms with E-state index in [-0.39, 0.29) is 42.0 Å². The molecule has 0 aromatic heterocycles. The first kappa shape index (κ1) is 47.2. The molecule has 4 rings (SSSR count). The summed E-state index contributed by atoms with van der Waals surface area (Å²) in [6, 6.07) is 10.7. The molecule has 1 saturated heterocycles. The molecule has 2 aromatic carbocycles. The van der Waals surface area contributed by atoms with E-state index in [9.17, 15) is 24.0 Å². The van der Waals surface area contributed by atoms with Crippen LogP contribution in [0.3, 0.4) is 0 Å². The number of anilines is 2. The van der Waals surface area contributed by atoms with Gasteiger partial charge in [0, 0.05) is 25.1 Å². The number of carbonyl (C=O) groups is 5. The van der Waals surface area contributed by atoms with Crippen LogP contribution >= 0.6 is 0 Å². The summed E-state index contributed by atoms with van der Waals surface area (Å²) in [5, 5.41) is 4.90. The molecule has 5 amide bonds. The van der Waals surface area contributed by atoms with Gasteiger partial charge in [-0.1, -0.05) is 12.5 Å². The highest BCUT2D eigenvalue weighted by atomic mass is 16.6. The Labute approximate surface area is 344 Å². The van der Waals surface area contributed by atoms with E-state index in [2.05, 4.69) is 10.6 Å². The van der Waals surface area contributed by atoms with Crippen LogP contribution < -0.4 is 21.1 Å². The second kappa shape index (κ2) is 28.0. The number of fused-ring (bicyclic) bond motifs is 1. The number of hydrogen-bond acceptors (Lipinski definition) is 15. The van der Waals surface area contributed by atoms with Crippen LogP contribution in [-0.2, 0) is 52.3 Å². The van der Waals surface area contributed by atoms with Crippen LogP contribution in [0, 0.1) is 0 Å². The van der Waals surface area contributed by atoms with Gasteiger partial charge in [-0.2, -0.15) is 0 Å². The number of carbonyl (C=O) groups excluding carboxylic acids is 5. The Morgan fingerprint density at radius 3 is 1.66 bits per heavy atom. The van der Waals surface area contributed by atoms with Gasteiger partial charge in [0.2, 0.25) is 17.7 Å². The largest absolute Gasteiger partial charge is 0.491 e. The van der Waals surface area contributed by atoms with Crippen molar-refractivity contribution in [2.24, 2.45) is 0 Å². The molecule has 18 nitrogen and oxygen atoms in total. The van der Waals surface area contributed by atoms with E-state index in [1.807, 2.05) is 12.1 Å². The average Bonchev–Trinajstić information content (AvgIpc) is 3.48. The van der Waals surface area contributed by atoms with E-state index in [0.717, 1.165) is 23.5 Å². The molecular formula is C41H58N4O14. The first-order valence-corrected chi connectivity index (χ1v) is 20.1. The lowest BCUT2D eigenvalue weighted by molar-refractivity contribution is -0.136. The highest BCUT2D eigenvalue weighted by molar-refractivity contribution is 6.26. The summed E-state index contributed by atoms with van der Waals surface area (Å²) in [6.07, 6.45) is 2.44. The number of amides is 5. The van der Waals surface area contributed by atoms with Crippen LogP contribution in [0.25, 0.3) is 0 Å². The number of piperidine rings is 1. The first-order chi connectivity index (χ1) is 28.8. The molecule has 4 N–H and O–H groups in total. The van der Waals surface area contributed by atoms with E-state index in [1.165, 1.54) is 6.07 Å². The molecule has 1 atom stereocenters. The van der Waals surface area contributed by atoms with Gasteiger partial charge in [0.25, 0.3) is 11.8 Å². The number of nitrogens with two attached hydrogens (primary N) is 1. The van der Waals surface area contributed by atoms with Crippen molar-refractivity contribution >= 4 is 40.9 Å². The standard InChI is InChI=1S/C41H58N4O14/c42-31-8-10-32(11-9-31)59-30-29-58-28-27-57-26-25-56-24-23-55-22-21-54-20-19-53-18-17-52-16-15-51-14-3-1-2-7-36(46)43-34-6-4-5-33-38(34)41(50)45(40(33)49)35-12-13-37(47)44-39(35)48/h4-6,8-11,35H,1-3,7,12-30,42H2,(H,43,46)(H,44,47,48). The SMILES string of the molecule is Nc1ccc(OCCOCCOCCOCCOCCOCCOCCOCCOCCCCCC(=O)Nc2cccc3c2C(=O)N(C2CCC(=O)NC2=O)C3=O)cc1. The lowest BCUT2D eigenvalue weighted by atomic mass is 10.0. The zero-order valence-corrected chi connectivity index (χ0v) is 33.6. The molecule has 0 spiro atoms. The van der Waals surface area contributed by atoms with E-state index < -0.39 is 29.7 Å². The third-order valence-corrected chi connectivity index (χ3v) is 8.92. The zero-order valence-electron chi connectivity index (χ0n) is 33.6. The smallest absolute Gasteiger partial charge is 0.264 e. The van der Waals surface area contributed by atoms with Crippen molar-refractivity contribution in [2.75, 3.05) is 123 Å². The third kappa shape index (κ3) is 17.7. The third-order valence-electron chi connectivity index (χ3n) is 8.92. The number of nitrogens with zero attached hydrogens (tertiary/aromatic N) is 1. The first-order valence-electron chi connectivity index (χ1n) is 20.1. The minimum absolute atomic E-state index is 0.0275. The van der Waals surface area contributed by atoms with Crippen molar-refractivity contribution in [3.8, 4) is 5.75 Å². The Kier molecular flexibility index (Phi) is 22.4. The van der Waals surface area contributed by atoms with E-state index in [4.69, 9.17) is 48.4 Å². The highest BCUT2D eigenvalue weighted by Gasteiger charge is 2.45. The molecule has 0 bridgehead atoms. The van der Waals surface area contributed by atoms with Crippen molar-refractivity contribution < 1.29 is 66.6 Å². The molecule has 2 heterocycles. The summed E-state index contributed by atoms with van der Waals surface area (Å²) in [5.74, 6) is -1.96. The quantitative estimate of drug-likeness (QED) is 0.0534. The van der Waals surface area contributed by atoms with Crippen molar-refractivity contribution in [2.45, 2.75) is 44.6 Å². The Morgan fingerprint density at radius 1 is 0.627 bits per heavy atom. The van der Waals surface area contributed by atoms with E-state index in [1.54, 1.807) is 24.3 Å². The summed E-state index contributed by atoms with van der Waals surface area (Å²) in [4.78, 5) is 63.6. The lowest BCUT2D eigenvalue weighted by Gasteiger charge is -2.27. The summed E-state index contributed by atoms with van der Waals surface area (Å²) in [7, 11) is 0. The predicted octanol–water partition coefficient (Wildman–Crippen LogP) is 2.38. The van der Waals surface area contributed by atoms with Crippen molar-refractivity contribution in [1.29, 1.82) is 0 Å². The molecule has 0 aliphatic carbocycles. The number of benzene rings is 2. The van der Waals surface area contributed by atoms with Crippen LogP contribution in [0.4, 0.5) is 11.4 Å². The Bertz CT molecular complexity index is 1590. The van der Waals surface area contributed by atoms with Crippen molar-refractivity contribution in [1.82, 2.24) is 10.2 Å². The van der Waals surface area contributed by atoms with Gasteiger partial charge in [-0.25, -0.2) is 0 Å². The maximum absolute atomic E-state index is 13.2. The molecule has 2 aliphatic rings. The number of unbranched alkanes of at least 4 members (excludes halogenated alkanes) is 2. The monoisotopic (exact) mass is 830 g/mol. The maximum atomic E-state index is 13.2. The predicted molar refractivity (Wildman–Crippen MR) is 213 cm³/mol. The summed E-state index contributed by atoms with van der Waals surface area (Å²) in [5.41, 5.74) is 6.72. The van der Waals surface area contributed by atoms with Crippen LogP contribution in [0.1, 0.15) is 59.2 Å². The number of nitrogen functional groups attached to an aromatic ring is 1. The van der Waals surface area contributed by atoms with Gasteiger partial charge < -0.3 is 53.7 Å². The summed E-state index contributed by atoms with van der Waals surface area (Å²) in [6.45, 7) is 7.99. The topological polar surface area (TPSA) is 222 Å². The van der Waals surface area contributed by atoms with Crippen molar-refractivity contribution in [3.05, 3.63) is 53.6 Å². The van der Waals surface area contributed by atoms with Gasteiger partial charge in [0.1, 0.15) is 18.4 Å². The van der Waals surface area contributed by atoms with Gasteiger partial charge in [-0.15, -0.1) is 0 Å². The minimum Gasteiger partial charge on any atom is -0.491 e. The Hall–Kier alpha value is -4.53. The van der Waals surface area contributed by atoms with Gasteiger partial charge >= 0.3 is 0 Å². The Balaban J connectivity index is 0.845. The number of nitrogens with one attached hydrogen (secondary N) is 2. The number of hydrogen-bond donors (Lipinski definition) is 3. The van der Waals surface area contributed by atoms with Crippen LogP contribution in [0.5, 0.6) is 5.75 Å². The van der Waals surface area contributed by atoms with E-state index >= 15 is 0 Å². The molecule has 2 aromatic rings. The molecule has 0 saturated carbocycles. The highest BCUT2D eigenvalue weighted by Crippen LogP contribution is 2.32. The molecule has 59 heavy (non-hydrogen) atoms. The van der Waals surface area contributed by atoms with Crippen LogP contribution in [0.15, 0.2) is 42.5 Å². The van der Waals surface area contributed by atoms with Crippen LogP contribution in [0.2, 0.25) is 0 Å². The second-order valence-corrected chi connectivity index (χ2v) is 13.4. The zero-order chi connectivity index (χ0) is 41.9. The summed E-state index contributed by atoms with van der Waals surface area (Å²) < 4.78 is 49.6. The molecule has 2 aliphatic heterocycles. The molecular weight excluding hydrogens is 772 g/mol. The number of ether oxygens (including phenoxy) is 9. The fourth-order valence-electron chi connectivity index (χ4n) is 5.92. The normalized spacial score (nSPS) is 15.1. The summed E-state index contributed by atoms with van der Waals surface area (Å²) >= 11 is 0. The lowest BCUT2D eigenvalue weighted by Crippen LogP contribution is -2.54. The molecule has 1 fully saturated rings. The molecule has 18 heteroatoms. The molecule has 1 unspecified atom stereocenters. The fraction of sp³-hybridized carbons (Fsp3) is 0.585. The number of rotatable bonds is 33. The van der Waals surface area contributed by atoms with Gasteiger partial charge in [0.15, 0.2) is 0 Å². The van der Waals surface area contributed by atoms with Gasteiger partial charge in [-0.3, -0.25) is 34.2 Å². The second-order valence-electron chi connectivity index (χ2n) is 13.4. The fourth-order valence-corrected chi connectivity index (χ4v) is 5.92. The van der Waals surface area contributed by atoms with Gasteiger partial charge in [0.05, 0.1) is 116 Å². The van der Waals surface area contributed by atoms with Crippen molar-refractivity contribution in [3.63, 3.8) is 0 Å². The Morgan fingerprint density at radius 2 is 1.14 bits per heavy atom. The minimum atomic E-state index is -1.07. The van der Waals surface area contributed by atoms with Gasteiger partial charge in [-0.05, 0) is 55.7 Å². The molecule has 326 valence electrons. The average molecular weight is 831 g/mol. The van der Waals surface area contributed by atoms with E-state index in [0.29, 0.717) is 124 Å². The maximum Gasteiger partial charge on any atom is 0.264 e. The molecule has 0 radical (unpaired) electrons.